The molecule has 13 nitrogen and oxygen atoms in total. The molecule has 0 aliphatic carbocycles. The van der Waals surface area contributed by atoms with Crippen LogP contribution in [0, 0.1) is 22.7 Å². The second kappa shape index (κ2) is 26.6. The molecule has 0 aromatic rings. The zero-order chi connectivity index (χ0) is 35.6. The second-order valence-corrected chi connectivity index (χ2v) is 12.7. The predicted octanol–water partition coefficient (Wildman–Crippen LogP) is 5.56. The van der Waals surface area contributed by atoms with Crippen molar-refractivity contribution in [3.8, 4) is 0 Å². The summed E-state index contributed by atoms with van der Waals surface area (Å²) in [6.45, 7) is 11.6. The highest BCUT2D eigenvalue weighted by Crippen LogP contribution is 2.36. The van der Waals surface area contributed by atoms with Gasteiger partial charge in [0.2, 0.25) is 0 Å². The van der Waals surface area contributed by atoms with E-state index in [0.29, 0.717) is 51.7 Å². The summed E-state index contributed by atoms with van der Waals surface area (Å²) in [6, 6.07) is 0. The van der Waals surface area contributed by atoms with E-state index in [1.807, 2.05) is 41.5 Å². The minimum Gasteiger partial charge on any atom is -0.465 e. The zero-order valence-electron chi connectivity index (χ0n) is 30.2. The van der Waals surface area contributed by atoms with Gasteiger partial charge in [-0.05, 0) is 50.4 Å². The molecule has 47 heavy (non-hydrogen) atoms. The molecule has 0 aliphatic rings. The molecular formula is C34H62O13. The van der Waals surface area contributed by atoms with Crippen LogP contribution in [0.5, 0.6) is 0 Å². The maximum atomic E-state index is 12.5. The molecule has 0 amide bonds. The maximum Gasteiger partial charge on any atom is 0.305 e. The Morgan fingerprint density at radius 2 is 0.787 bits per heavy atom. The highest BCUT2D eigenvalue weighted by molar-refractivity contribution is 5.70. The maximum absolute atomic E-state index is 12.5. The molecule has 0 N–H and O–H groups in total. The molecule has 0 rings (SSSR count). The van der Waals surface area contributed by atoms with Gasteiger partial charge in [0.25, 0.3) is 0 Å². The molecule has 0 aromatic carbocycles. The van der Waals surface area contributed by atoms with E-state index in [1.54, 1.807) is 0 Å². The Labute approximate surface area is 281 Å². The molecule has 2 unspecified atom stereocenters. The lowest BCUT2D eigenvalue weighted by molar-refractivity contribution is -0.283. The lowest BCUT2D eigenvalue weighted by atomic mass is 9.74. The Morgan fingerprint density at radius 3 is 1.09 bits per heavy atom. The minimum atomic E-state index is -1.18. The molecule has 0 radical (unpaired) electrons. The predicted molar refractivity (Wildman–Crippen MR) is 173 cm³/mol. The fraction of sp³-hybridized carbons (Fsp3) is 0.882. The molecule has 0 aromatic heterocycles. The largest absolute Gasteiger partial charge is 0.465 e. The summed E-state index contributed by atoms with van der Waals surface area (Å²) in [5.74, 6) is -1.64. The van der Waals surface area contributed by atoms with Crippen LogP contribution >= 0.6 is 0 Å². The first kappa shape index (κ1) is 44.7. The number of carbonyl (C=O) groups excluding carboxylic acids is 4. The zero-order valence-corrected chi connectivity index (χ0v) is 30.2. The van der Waals surface area contributed by atoms with Crippen LogP contribution in [-0.4, -0.2) is 91.0 Å². The number of carbonyl (C=O) groups is 4. The number of esters is 4. The Balaban J connectivity index is 6.49. The topological polar surface area (TPSA) is 151 Å². The third-order valence-electron chi connectivity index (χ3n) is 7.29. The van der Waals surface area contributed by atoms with E-state index in [9.17, 15) is 19.2 Å². The van der Waals surface area contributed by atoms with Crippen molar-refractivity contribution < 1.29 is 62.4 Å². The van der Waals surface area contributed by atoms with Crippen LogP contribution in [0.15, 0.2) is 0 Å². The molecule has 0 saturated carbocycles. The molecule has 0 spiro atoms. The minimum absolute atomic E-state index is 0.0243. The molecule has 0 heterocycles. The normalized spacial score (nSPS) is 14.1. The highest BCUT2D eigenvalue weighted by atomic mass is 17.2. The standard InChI is InChI=1S/C34H62O13/c1-9-13-29(35)42-23-33(17-27(5)19-46-39-7,18-28(6)20-47-40-8)21-41-22-34(24-43-30(36)14-10-2,25-44-31(37)15-11-3)26-45-32(38)16-12-4/h27-28H,9-26H2,1-8H3. The van der Waals surface area contributed by atoms with Crippen molar-refractivity contribution in [2.75, 3.05) is 67.1 Å². The molecule has 0 aliphatic heterocycles. The van der Waals surface area contributed by atoms with Crippen molar-refractivity contribution in [1.29, 1.82) is 0 Å². The second-order valence-electron chi connectivity index (χ2n) is 12.7. The molecule has 0 fully saturated rings. The number of hydrogen-bond donors (Lipinski definition) is 0. The summed E-state index contributed by atoms with van der Waals surface area (Å²) < 4.78 is 29.0. The number of ether oxygens (including phenoxy) is 5. The third kappa shape index (κ3) is 21.3. The fourth-order valence-corrected chi connectivity index (χ4v) is 5.10. The van der Waals surface area contributed by atoms with Crippen molar-refractivity contribution in [2.24, 2.45) is 22.7 Å². The van der Waals surface area contributed by atoms with Gasteiger partial charge in [-0.3, -0.25) is 19.2 Å². The van der Waals surface area contributed by atoms with Crippen LogP contribution in [-0.2, 0) is 62.4 Å². The Bertz CT molecular complexity index is 792. The molecule has 276 valence electrons. The van der Waals surface area contributed by atoms with Crippen LogP contribution in [0.4, 0.5) is 0 Å². The van der Waals surface area contributed by atoms with Gasteiger partial charge in [-0.15, -0.1) is 0 Å². The smallest absolute Gasteiger partial charge is 0.305 e. The lowest BCUT2D eigenvalue weighted by Gasteiger charge is -2.39. The lowest BCUT2D eigenvalue weighted by Crippen LogP contribution is -2.45. The summed E-state index contributed by atoms with van der Waals surface area (Å²) in [6.07, 6.45) is 4.37. The van der Waals surface area contributed by atoms with Crippen molar-refractivity contribution >= 4 is 23.9 Å². The van der Waals surface area contributed by atoms with E-state index in [4.69, 9.17) is 43.2 Å². The summed E-state index contributed by atoms with van der Waals surface area (Å²) >= 11 is 0. The Morgan fingerprint density at radius 1 is 0.489 bits per heavy atom. The van der Waals surface area contributed by atoms with Gasteiger partial charge in [0.1, 0.15) is 19.8 Å². The molecule has 2 atom stereocenters. The van der Waals surface area contributed by atoms with Crippen LogP contribution < -0.4 is 0 Å². The monoisotopic (exact) mass is 678 g/mol. The molecule has 0 bridgehead atoms. The van der Waals surface area contributed by atoms with Crippen LogP contribution in [0.1, 0.15) is 106 Å². The van der Waals surface area contributed by atoms with Crippen LogP contribution in [0.3, 0.4) is 0 Å². The first-order valence-corrected chi connectivity index (χ1v) is 17.0. The highest BCUT2D eigenvalue weighted by Gasteiger charge is 2.40. The average molecular weight is 679 g/mol. The summed E-state index contributed by atoms with van der Waals surface area (Å²) in [5.41, 5.74) is -1.89. The van der Waals surface area contributed by atoms with Gasteiger partial charge in [-0.2, -0.15) is 0 Å². The van der Waals surface area contributed by atoms with Crippen molar-refractivity contribution in [2.45, 2.75) is 106 Å². The van der Waals surface area contributed by atoms with E-state index >= 15 is 0 Å². The number of rotatable bonds is 30. The van der Waals surface area contributed by atoms with Crippen molar-refractivity contribution in [3.05, 3.63) is 0 Å². The van der Waals surface area contributed by atoms with E-state index < -0.39 is 28.7 Å². The molecule has 13 heteroatoms. The quantitative estimate of drug-likeness (QED) is 0.0404. The summed E-state index contributed by atoms with van der Waals surface area (Å²) in [7, 11) is 2.88. The SMILES string of the molecule is CCCC(=O)OCC(COCC(COC(=O)CCC)(CC(C)COOC)CC(C)COOC)(COC(=O)CCC)COC(=O)CCC. The van der Waals surface area contributed by atoms with Gasteiger partial charge in [-0.25, -0.2) is 19.6 Å². The van der Waals surface area contributed by atoms with Gasteiger partial charge in [0.05, 0.1) is 52.7 Å². The van der Waals surface area contributed by atoms with Crippen LogP contribution in [0.2, 0.25) is 0 Å². The van der Waals surface area contributed by atoms with Crippen LogP contribution in [0.25, 0.3) is 0 Å². The Hall–Kier alpha value is -2.32. The van der Waals surface area contributed by atoms with E-state index in [0.717, 1.165) is 0 Å². The summed E-state index contributed by atoms with van der Waals surface area (Å²) in [4.78, 5) is 70.0. The van der Waals surface area contributed by atoms with Crippen molar-refractivity contribution in [1.82, 2.24) is 0 Å². The van der Waals surface area contributed by atoms with Crippen molar-refractivity contribution in [3.63, 3.8) is 0 Å². The first-order valence-electron chi connectivity index (χ1n) is 17.0. The fourth-order valence-electron chi connectivity index (χ4n) is 5.10. The molecule has 0 saturated heterocycles. The van der Waals surface area contributed by atoms with Gasteiger partial charge in [0, 0.05) is 31.1 Å². The van der Waals surface area contributed by atoms with Gasteiger partial charge >= 0.3 is 23.9 Å². The average Bonchev–Trinajstić information content (AvgIpc) is 3.03. The van der Waals surface area contributed by atoms with E-state index in [2.05, 4.69) is 0 Å². The van der Waals surface area contributed by atoms with Gasteiger partial charge < -0.3 is 23.7 Å². The molecular weight excluding hydrogens is 616 g/mol. The third-order valence-corrected chi connectivity index (χ3v) is 7.29. The number of hydrogen-bond acceptors (Lipinski definition) is 13. The Kier molecular flexibility index (Phi) is 25.3. The van der Waals surface area contributed by atoms with E-state index in [1.165, 1.54) is 14.2 Å². The van der Waals surface area contributed by atoms with E-state index in [-0.39, 0.29) is 83.1 Å². The van der Waals surface area contributed by atoms with Gasteiger partial charge in [0.15, 0.2) is 0 Å². The van der Waals surface area contributed by atoms with Gasteiger partial charge in [-0.1, -0.05) is 41.5 Å². The summed E-state index contributed by atoms with van der Waals surface area (Å²) in [5, 5.41) is 0. The first-order chi connectivity index (χ1) is 22.4.